The molecule has 0 amide bonds. The van der Waals surface area contributed by atoms with Crippen molar-refractivity contribution >= 4 is 23.2 Å². The van der Waals surface area contributed by atoms with E-state index in [0.29, 0.717) is 26.2 Å². The molecule has 1 aliphatic rings. The van der Waals surface area contributed by atoms with Gasteiger partial charge in [-0.2, -0.15) is 13.2 Å². The summed E-state index contributed by atoms with van der Waals surface area (Å²) in [6.07, 6.45) is -4.36. The van der Waals surface area contributed by atoms with Gasteiger partial charge in [0.05, 0.1) is 0 Å². The molecule has 0 aromatic heterocycles. The van der Waals surface area contributed by atoms with Crippen LogP contribution in [0.15, 0.2) is 18.2 Å². The second-order valence-corrected chi connectivity index (χ2v) is 5.31. The third-order valence-corrected chi connectivity index (χ3v) is 3.46. The second kappa shape index (κ2) is 5.87. The second-order valence-electron chi connectivity index (χ2n) is 4.43. The fraction of sp³-hybridized carbons (Fsp3) is 0.500. The van der Waals surface area contributed by atoms with Crippen molar-refractivity contribution in [1.29, 1.82) is 0 Å². The topological polar surface area (TPSA) is 15.3 Å². The Balaban J connectivity index is 2.36. The van der Waals surface area contributed by atoms with E-state index < -0.39 is 12.2 Å². The lowest BCUT2D eigenvalue weighted by Gasteiger charge is -2.36. The van der Waals surface area contributed by atoms with E-state index in [9.17, 15) is 13.2 Å². The lowest BCUT2D eigenvalue weighted by molar-refractivity contribution is -0.187. The lowest BCUT2D eigenvalue weighted by Crippen LogP contribution is -2.49. The predicted octanol–water partition coefficient (Wildman–Crippen LogP) is 3.50. The molecule has 1 fully saturated rings. The van der Waals surface area contributed by atoms with Gasteiger partial charge in [-0.05, 0) is 23.8 Å². The molecule has 19 heavy (non-hydrogen) atoms. The van der Waals surface area contributed by atoms with Gasteiger partial charge in [0, 0.05) is 36.2 Å². The molecule has 1 heterocycles. The number of nitrogens with one attached hydrogen (secondary N) is 1. The highest BCUT2D eigenvalue weighted by Gasteiger charge is 2.45. The number of hydrogen-bond acceptors (Lipinski definition) is 2. The highest BCUT2D eigenvalue weighted by atomic mass is 35.5. The van der Waals surface area contributed by atoms with Crippen LogP contribution >= 0.6 is 23.2 Å². The van der Waals surface area contributed by atoms with Gasteiger partial charge < -0.3 is 5.32 Å². The number of nitrogens with zero attached hydrogens (tertiary/aromatic N) is 1. The summed E-state index contributed by atoms with van der Waals surface area (Å²) < 4.78 is 39.9. The Morgan fingerprint density at radius 2 is 1.58 bits per heavy atom. The number of halogens is 5. The maximum Gasteiger partial charge on any atom is 0.408 e. The summed E-state index contributed by atoms with van der Waals surface area (Å²) >= 11 is 11.6. The van der Waals surface area contributed by atoms with E-state index in [2.05, 4.69) is 5.32 Å². The molecule has 7 heteroatoms. The van der Waals surface area contributed by atoms with E-state index in [1.807, 2.05) is 0 Å². The molecule has 0 aliphatic carbocycles. The van der Waals surface area contributed by atoms with Crippen molar-refractivity contribution in [1.82, 2.24) is 10.2 Å². The molecule has 1 aromatic rings. The Morgan fingerprint density at radius 1 is 1.05 bits per heavy atom. The Kier molecular flexibility index (Phi) is 4.61. The van der Waals surface area contributed by atoms with Crippen LogP contribution in [-0.2, 0) is 0 Å². The highest BCUT2D eigenvalue weighted by molar-refractivity contribution is 6.34. The molecule has 1 aromatic carbocycles. The van der Waals surface area contributed by atoms with Crippen molar-refractivity contribution < 1.29 is 13.2 Å². The zero-order valence-corrected chi connectivity index (χ0v) is 11.5. The van der Waals surface area contributed by atoms with Crippen LogP contribution in [0.2, 0.25) is 10.0 Å². The fourth-order valence-electron chi connectivity index (χ4n) is 2.28. The number of alkyl halides is 3. The van der Waals surface area contributed by atoms with Gasteiger partial charge in [0.1, 0.15) is 6.04 Å². The van der Waals surface area contributed by atoms with Gasteiger partial charge in [0.2, 0.25) is 0 Å². The van der Waals surface area contributed by atoms with E-state index in [1.54, 1.807) is 0 Å². The molecule has 0 unspecified atom stereocenters. The first-order chi connectivity index (χ1) is 8.88. The van der Waals surface area contributed by atoms with Gasteiger partial charge >= 0.3 is 6.18 Å². The van der Waals surface area contributed by atoms with Crippen LogP contribution in [0.1, 0.15) is 11.6 Å². The Morgan fingerprint density at radius 3 is 2.05 bits per heavy atom. The summed E-state index contributed by atoms with van der Waals surface area (Å²) in [5.74, 6) is 0. The van der Waals surface area contributed by atoms with E-state index in [1.165, 1.54) is 23.1 Å². The number of piperazine rings is 1. The SMILES string of the molecule is FC(F)(F)[C@H](c1cc(Cl)cc(Cl)c1)N1CCNCC1. The number of rotatable bonds is 2. The average molecular weight is 313 g/mol. The minimum atomic E-state index is -4.36. The summed E-state index contributed by atoms with van der Waals surface area (Å²) in [6, 6.07) is 2.42. The van der Waals surface area contributed by atoms with Crippen LogP contribution in [0.3, 0.4) is 0 Å². The minimum Gasteiger partial charge on any atom is -0.314 e. The van der Waals surface area contributed by atoms with Gasteiger partial charge in [0.15, 0.2) is 0 Å². The molecule has 0 saturated carbocycles. The van der Waals surface area contributed by atoms with Crippen LogP contribution in [-0.4, -0.2) is 37.3 Å². The predicted molar refractivity (Wildman–Crippen MR) is 69.7 cm³/mol. The average Bonchev–Trinajstić information content (AvgIpc) is 2.27. The van der Waals surface area contributed by atoms with Gasteiger partial charge in [-0.1, -0.05) is 23.2 Å². The quantitative estimate of drug-likeness (QED) is 0.899. The third-order valence-electron chi connectivity index (χ3n) is 3.03. The number of benzene rings is 1. The monoisotopic (exact) mass is 312 g/mol. The van der Waals surface area contributed by atoms with Crippen LogP contribution in [0, 0.1) is 0 Å². The molecule has 1 saturated heterocycles. The molecule has 2 nitrogen and oxygen atoms in total. The van der Waals surface area contributed by atoms with Gasteiger partial charge in [-0.3, -0.25) is 4.90 Å². The molecular weight excluding hydrogens is 300 g/mol. The maximum absolute atomic E-state index is 13.3. The third kappa shape index (κ3) is 3.75. The van der Waals surface area contributed by atoms with Crippen molar-refractivity contribution in [2.24, 2.45) is 0 Å². The van der Waals surface area contributed by atoms with Crippen molar-refractivity contribution in [2.75, 3.05) is 26.2 Å². The first-order valence-corrected chi connectivity index (χ1v) is 6.61. The molecule has 106 valence electrons. The van der Waals surface area contributed by atoms with Crippen molar-refractivity contribution in [2.45, 2.75) is 12.2 Å². The van der Waals surface area contributed by atoms with Gasteiger partial charge in [-0.15, -0.1) is 0 Å². The van der Waals surface area contributed by atoms with Crippen molar-refractivity contribution in [3.63, 3.8) is 0 Å². The highest BCUT2D eigenvalue weighted by Crippen LogP contribution is 2.39. The molecule has 0 spiro atoms. The molecule has 0 bridgehead atoms. The lowest BCUT2D eigenvalue weighted by atomic mass is 10.0. The first kappa shape index (κ1) is 14.9. The molecule has 0 radical (unpaired) electrons. The summed E-state index contributed by atoms with van der Waals surface area (Å²) in [4.78, 5) is 1.40. The molecule has 1 atom stereocenters. The minimum absolute atomic E-state index is 0.0897. The van der Waals surface area contributed by atoms with Gasteiger partial charge in [-0.25, -0.2) is 0 Å². The van der Waals surface area contributed by atoms with Crippen LogP contribution in [0.25, 0.3) is 0 Å². The summed E-state index contributed by atoms with van der Waals surface area (Å²) in [5, 5.41) is 3.46. The zero-order chi connectivity index (χ0) is 14.0. The fourth-order valence-corrected chi connectivity index (χ4v) is 2.82. The number of hydrogen-bond donors (Lipinski definition) is 1. The summed E-state index contributed by atoms with van der Waals surface area (Å²) in [5.41, 5.74) is 0.0897. The largest absolute Gasteiger partial charge is 0.408 e. The van der Waals surface area contributed by atoms with Crippen LogP contribution in [0.4, 0.5) is 13.2 Å². The maximum atomic E-state index is 13.3. The van der Waals surface area contributed by atoms with E-state index in [0.717, 1.165) is 0 Å². The van der Waals surface area contributed by atoms with Crippen LogP contribution < -0.4 is 5.32 Å². The van der Waals surface area contributed by atoms with E-state index in [-0.39, 0.29) is 15.6 Å². The molecular formula is C12H13Cl2F3N2. The van der Waals surface area contributed by atoms with Crippen LogP contribution in [0.5, 0.6) is 0 Å². The molecule has 1 aliphatic heterocycles. The van der Waals surface area contributed by atoms with Gasteiger partial charge in [0.25, 0.3) is 0 Å². The Bertz CT molecular complexity index is 425. The summed E-state index contributed by atoms with van der Waals surface area (Å²) in [6.45, 7) is 1.77. The summed E-state index contributed by atoms with van der Waals surface area (Å²) in [7, 11) is 0. The first-order valence-electron chi connectivity index (χ1n) is 5.85. The Labute approximate surface area is 119 Å². The standard InChI is InChI=1S/C12H13Cl2F3N2/c13-9-5-8(6-10(14)7-9)11(12(15,16)17)19-3-1-18-2-4-19/h5-7,11,18H,1-4H2/t11-/m0/s1. The molecule has 1 N–H and O–H groups in total. The normalized spacial score (nSPS) is 19.4. The Hall–Kier alpha value is -0.490. The zero-order valence-electron chi connectivity index (χ0n) is 9.97. The molecule has 2 rings (SSSR count). The van der Waals surface area contributed by atoms with E-state index in [4.69, 9.17) is 23.2 Å². The van der Waals surface area contributed by atoms with Crippen molar-refractivity contribution in [3.05, 3.63) is 33.8 Å². The van der Waals surface area contributed by atoms with E-state index >= 15 is 0 Å². The van der Waals surface area contributed by atoms with Crippen molar-refractivity contribution in [3.8, 4) is 0 Å². The smallest absolute Gasteiger partial charge is 0.314 e.